The molecule has 1 fully saturated rings. The van der Waals surface area contributed by atoms with Crippen LogP contribution in [-0.2, 0) is 16.0 Å². The van der Waals surface area contributed by atoms with E-state index >= 15 is 0 Å². The number of hydrogen-bond acceptors (Lipinski definition) is 3. The number of aryl methyl sites for hydroxylation is 1. The second-order valence-electron chi connectivity index (χ2n) is 7.14. The molecule has 0 aromatic heterocycles. The summed E-state index contributed by atoms with van der Waals surface area (Å²) in [5, 5.41) is 0. The predicted molar refractivity (Wildman–Crippen MR) is 94.5 cm³/mol. The lowest BCUT2D eigenvalue weighted by atomic mass is 10.1. The SMILES string of the molecule is Cc1cc(Br)c(CN(C(=O)OC(C)(C)C)C2CCOCC2)cc1F. The third-order valence-electron chi connectivity index (χ3n) is 3.93. The summed E-state index contributed by atoms with van der Waals surface area (Å²) >= 11 is 3.47. The zero-order chi connectivity index (χ0) is 17.9. The fourth-order valence-corrected chi connectivity index (χ4v) is 3.24. The van der Waals surface area contributed by atoms with Gasteiger partial charge in [-0.05, 0) is 63.8 Å². The second kappa shape index (κ2) is 7.83. The number of hydrogen-bond donors (Lipinski definition) is 0. The van der Waals surface area contributed by atoms with Crippen LogP contribution in [0.1, 0.15) is 44.7 Å². The summed E-state index contributed by atoms with van der Waals surface area (Å²) in [4.78, 5) is 14.4. The van der Waals surface area contributed by atoms with E-state index in [0.29, 0.717) is 25.3 Å². The van der Waals surface area contributed by atoms with Crippen molar-refractivity contribution < 1.29 is 18.7 Å². The van der Waals surface area contributed by atoms with Gasteiger partial charge in [0.05, 0.1) is 6.54 Å². The predicted octanol–water partition coefficient (Wildman–Crippen LogP) is 4.81. The van der Waals surface area contributed by atoms with E-state index in [1.807, 2.05) is 20.8 Å². The van der Waals surface area contributed by atoms with Crippen LogP contribution in [0.4, 0.5) is 9.18 Å². The van der Waals surface area contributed by atoms with E-state index in [9.17, 15) is 9.18 Å². The second-order valence-corrected chi connectivity index (χ2v) is 8.00. The number of benzene rings is 1. The molecule has 0 unspecified atom stereocenters. The molecular formula is C18H25BrFNO3. The molecule has 0 atom stereocenters. The van der Waals surface area contributed by atoms with Crippen LogP contribution in [0.25, 0.3) is 0 Å². The van der Waals surface area contributed by atoms with Crippen molar-refractivity contribution in [2.75, 3.05) is 13.2 Å². The number of amides is 1. The van der Waals surface area contributed by atoms with Crippen LogP contribution < -0.4 is 0 Å². The summed E-state index contributed by atoms with van der Waals surface area (Å²) in [7, 11) is 0. The van der Waals surface area contributed by atoms with Gasteiger partial charge in [-0.25, -0.2) is 9.18 Å². The van der Waals surface area contributed by atoms with Crippen LogP contribution in [0.15, 0.2) is 16.6 Å². The van der Waals surface area contributed by atoms with Gasteiger partial charge in [0, 0.05) is 23.7 Å². The topological polar surface area (TPSA) is 38.8 Å². The molecule has 0 N–H and O–H groups in total. The van der Waals surface area contributed by atoms with Gasteiger partial charge in [-0.1, -0.05) is 15.9 Å². The van der Waals surface area contributed by atoms with E-state index in [4.69, 9.17) is 9.47 Å². The molecule has 2 rings (SSSR count). The van der Waals surface area contributed by atoms with Gasteiger partial charge < -0.3 is 14.4 Å². The zero-order valence-corrected chi connectivity index (χ0v) is 16.3. The minimum atomic E-state index is -0.573. The lowest BCUT2D eigenvalue weighted by Gasteiger charge is -2.35. The van der Waals surface area contributed by atoms with Gasteiger partial charge in [0.15, 0.2) is 0 Å². The third-order valence-corrected chi connectivity index (χ3v) is 4.67. The Morgan fingerprint density at radius 3 is 2.58 bits per heavy atom. The summed E-state index contributed by atoms with van der Waals surface area (Å²) in [6.07, 6.45) is 1.14. The van der Waals surface area contributed by atoms with Crippen molar-refractivity contribution in [1.29, 1.82) is 0 Å². The van der Waals surface area contributed by atoms with Crippen molar-refractivity contribution >= 4 is 22.0 Å². The lowest BCUT2D eigenvalue weighted by molar-refractivity contribution is -0.00816. The molecule has 0 aliphatic carbocycles. The first-order valence-electron chi connectivity index (χ1n) is 8.19. The first-order chi connectivity index (χ1) is 11.2. The van der Waals surface area contributed by atoms with Crippen LogP contribution in [0.2, 0.25) is 0 Å². The normalized spacial score (nSPS) is 16.1. The molecular weight excluding hydrogens is 377 g/mol. The molecule has 0 spiro atoms. The van der Waals surface area contributed by atoms with Crippen LogP contribution in [-0.4, -0.2) is 35.8 Å². The van der Waals surface area contributed by atoms with E-state index in [-0.39, 0.29) is 18.0 Å². The molecule has 24 heavy (non-hydrogen) atoms. The quantitative estimate of drug-likeness (QED) is 0.728. The average Bonchev–Trinajstić information content (AvgIpc) is 2.48. The van der Waals surface area contributed by atoms with Crippen molar-refractivity contribution in [3.8, 4) is 0 Å². The first-order valence-corrected chi connectivity index (χ1v) is 8.98. The molecule has 1 aromatic carbocycles. The van der Waals surface area contributed by atoms with Gasteiger partial charge in [-0.2, -0.15) is 0 Å². The van der Waals surface area contributed by atoms with Gasteiger partial charge in [-0.15, -0.1) is 0 Å². The number of rotatable bonds is 3. The molecule has 1 heterocycles. The Balaban J connectivity index is 2.25. The van der Waals surface area contributed by atoms with Gasteiger partial charge >= 0.3 is 6.09 Å². The largest absolute Gasteiger partial charge is 0.444 e. The standard InChI is InChI=1S/C18H25BrFNO3/c1-12-9-15(19)13(10-16(12)20)11-21(14-5-7-23-8-6-14)17(22)24-18(2,3)4/h9-10,14H,5-8,11H2,1-4H3. The highest BCUT2D eigenvalue weighted by Crippen LogP contribution is 2.26. The maximum atomic E-state index is 13.9. The molecule has 6 heteroatoms. The fraction of sp³-hybridized carbons (Fsp3) is 0.611. The zero-order valence-electron chi connectivity index (χ0n) is 14.7. The first kappa shape index (κ1) is 19.2. The number of carbonyl (C=O) groups excluding carboxylic acids is 1. The summed E-state index contributed by atoms with van der Waals surface area (Å²) in [6, 6.07) is 3.25. The Hall–Kier alpha value is -1.14. The molecule has 1 aliphatic rings. The Bertz CT molecular complexity index is 595. The minimum Gasteiger partial charge on any atom is -0.444 e. The number of halogens is 2. The monoisotopic (exact) mass is 401 g/mol. The summed E-state index contributed by atoms with van der Waals surface area (Å²) in [6.45, 7) is 8.78. The van der Waals surface area contributed by atoms with Crippen molar-refractivity contribution in [3.63, 3.8) is 0 Å². The molecule has 0 bridgehead atoms. The van der Waals surface area contributed by atoms with Crippen molar-refractivity contribution in [3.05, 3.63) is 33.5 Å². The van der Waals surface area contributed by atoms with E-state index in [1.54, 1.807) is 17.9 Å². The number of ether oxygens (including phenoxy) is 2. The molecule has 1 saturated heterocycles. The van der Waals surface area contributed by atoms with Crippen LogP contribution in [0, 0.1) is 12.7 Å². The summed E-state index contributed by atoms with van der Waals surface area (Å²) < 4.78 is 25.7. The third kappa shape index (κ3) is 5.18. The van der Waals surface area contributed by atoms with Gasteiger partial charge in [0.2, 0.25) is 0 Å². The highest BCUT2D eigenvalue weighted by atomic mass is 79.9. The van der Waals surface area contributed by atoms with Crippen molar-refractivity contribution in [2.45, 2.75) is 58.7 Å². The van der Waals surface area contributed by atoms with E-state index < -0.39 is 5.60 Å². The highest BCUT2D eigenvalue weighted by Gasteiger charge is 2.30. The maximum absolute atomic E-state index is 13.9. The molecule has 4 nitrogen and oxygen atoms in total. The van der Waals surface area contributed by atoms with Gasteiger partial charge in [0.1, 0.15) is 11.4 Å². The molecule has 1 amide bonds. The van der Waals surface area contributed by atoms with Crippen LogP contribution >= 0.6 is 15.9 Å². The van der Waals surface area contributed by atoms with E-state index in [1.165, 1.54) is 6.07 Å². The van der Waals surface area contributed by atoms with Crippen LogP contribution in [0.3, 0.4) is 0 Å². The highest BCUT2D eigenvalue weighted by molar-refractivity contribution is 9.10. The minimum absolute atomic E-state index is 0.0323. The van der Waals surface area contributed by atoms with Crippen LogP contribution in [0.5, 0.6) is 0 Å². The van der Waals surface area contributed by atoms with Crippen molar-refractivity contribution in [1.82, 2.24) is 4.90 Å². The molecule has 0 radical (unpaired) electrons. The summed E-state index contributed by atoms with van der Waals surface area (Å²) in [5.74, 6) is -0.274. The molecule has 0 saturated carbocycles. The Labute approximate surface area is 151 Å². The Morgan fingerprint density at radius 2 is 2.00 bits per heavy atom. The van der Waals surface area contributed by atoms with Gasteiger partial charge in [-0.3, -0.25) is 0 Å². The maximum Gasteiger partial charge on any atom is 0.410 e. The Morgan fingerprint density at radius 1 is 1.38 bits per heavy atom. The van der Waals surface area contributed by atoms with Crippen molar-refractivity contribution in [2.24, 2.45) is 0 Å². The number of carbonyl (C=O) groups is 1. The Kier molecular flexibility index (Phi) is 6.26. The molecule has 1 aromatic rings. The number of nitrogens with zero attached hydrogens (tertiary/aromatic N) is 1. The molecule has 134 valence electrons. The fourth-order valence-electron chi connectivity index (χ4n) is 2.65. The van der Waals surface area contributed by atoms with E-state index in [2.05, 4.69) is 15.9 Å². The van der Waals surface area contributed by atoms with Gasteiger partial charge in [0.25, 0.3) is 0 Å². The molecule has 1 aliphatic heterocycles. The smallest absolute Gasteiger partial charge is 0.410 e. The van der Waals surface area contributed by atoms with E-state index in [0.717, 1.165) is 22.9 Å². The lowest BCUT2D eigenvalue weighted by Crippen LogP contribution is -2.45. The summed E-state index contributed by atoms with van der Waals surface area (Å²) in [5.41, 5.74) is 0.729. The average molecular weight is 402 g/mol.